The highest BCUT2D eigenvalue weighted by molar-refractivity contribution is 6.33. The number of hydrogen-bond donors (Lipinski definition) is 0. The molecule has 8 heteroatoms. The van der Waals surface area contributed by atoms with Crippen LogP contribution in [0.4, 0.5) is 11.4 Å². The summed E-state index contributed by atoms with van der Waals surface area (Å²) < 4.78 is 1.23. The molecule has 148 valence electrons. The van der Waals surface area contributed by atoms with Crippen LogP contribution < -0.4 is 15.4 Å². The molecule has 0 saturated carbocycles. The van der Waals surface area contributed by atoms with Crippen LogP contribution in [0.1, 0.15) is 12.0 Å². The van der Waals surface area contributed by atoms with Crippen molar-refractivity contribution in [2.75, 3.05) is 49.1 Å². The van der Waals surface area contributed by atoms with Crippen LogP contribution in [0.3, 0.4) is 0 Å². The number of halogens is 1. The molecule has 0 spiro atoms. The first-order valence-electron chi connectivity index (χ1n) is 9.62. The van der Waals surface area contributed by atoms with Crippen molar-refractivity contribution in [1.29, 1.82) is 0 Å². The van der Waals surface area contributed by atoms with Crippen LogP contribution in [0.2, 0.25) is 5.02 Å². The van der Waals surface area contributed by atoms with Gasteiger partial charge in [-0.25, -0.2) is 4.68 Å². The summed E-state index contributed by atoms with van der Waals surface area (Å²) in [6.07, 6.45) is 3.67. The third kappa shape index (κ3) is 3.64. The van der Waals surface area contributed by atoms with E-state index in [4.69, 9.17) is 11.6 Å². The van der Waals surface area contributed by atoms with Gasteiger partial charge in [-0.05, 0) is 24.5 Å². The van der Waals surface area contributed by atoms with Crippen LogP contribution in [0.25, 0.3) is 0 Å². The first-order valence-corrected chi connectivity index (χ1v) is 10.00. The third-order valence-corrected chi connectivity index (χ3v) is 5.90. The lowest BCUT2D eigenvalue weighted by Gasteiger charge is -2.37. The lowest BCUT2D eigenvalue weighted by atomic mass is 10.0. The first kappa shape index (κ1) is 19.0. The Kier molecular flexibility index (Phi) is 5.37. The second-order valence-corrected chi connectivity index (χ2v) is 7.69. The summed E-state index contributed by atoms with van der Waals surface area (Å²) in [7, 11) is 1.58. The summed E-state index contributed by atoms with van der Waals surface area (Å²) >= 11 is 6.21. The molecule has 0 radical (unpaired) electrons. The molecule has 2 aromatic rings. The van der Waals surface area contributed by atoms with Crippen LogP contribution in [-0.2, 0) is 18.3 Å². The Bertz CT molecular complexity index is 936. The highest BCUT2D eigenvalue weighted by Gasteiger charge is 2.26. The lowest BCUT2D eigenvalue weighted by molar-refractivity contribution is -0.119. The number of anilines is 2. The molecular formula is C20H24ClN5O2. The van der Waals surface area contributed by atoms with Gasteiger partial charge in [-0.3, -0.25) is 14.5 Å². The van der Waals surface area contributed by atoms with E-state index in [0.29, 0.717) is 25.3 Å². The molecule has 0 aliphatic carbocycles. The normalized spacial score (nSPS) is 17.5. The summed E-state index contributed by atoms with van der Waals surface area (Å²) in [5, 5.41) is 4.27. The maximum Gasteiger partial charge on any atom is 0.287 e. The van der Waals surface area contributed by atoms with Crippen LogP contribution in [0, 0.1) is 0 Å². The third-order valence-electron chi connectivity index (χ3n) is 5.54. The summed E-state index contributed by atoms with van der Waals surface area (Å²) in [4.78, 5) is 31.1. The van der Waals surface area contributed by atoms with Gasteiger partial charge in [-0.1, -0.05) is 29.8 Å². The predicted octanol–water partition coefficient (Wildman–Crippen LogP) is 1.54. The Morgan fingerprint density at radius 3 is 2.64 bits per heavy atom. The number of amides is 1. The van der Waals surface area contributed by atoms with E-state index in [1.165, 1.54) is 10.2 Å². The van der Waals surface area contributed by atoms with E-state index in [2.05, 4.69) is 21.0 Å². The van der Waals surface area contributed by atoms with Crippen molar-refractivity contribution >= 4 is 28.9 Å². The summed E-state index contributed by atoms with van der Waals surface area (Å²) in [6.45, 7) is 4.09. The molecule has 0 unspecified atom stereocenters. The molecular weight excluding hydrogens is 378 g/mol. The quantitative estimate of drug-likeness (QED) is 0.780. The van der Waals surface area contributed by atoms with Gasteiger partial charge in [0.1, 0.15) is 5.02 Å². The molecule has 4 rings (SSSR count). The summed E-state index contributed by atoms with van der Waals surface area (Å²) in [5.41, 5.74) is 2.68. The average Bonchev–Trinajstić information content (AvgIpc) is 2.72. The second-order valence-electron chi connectivity index (χ2n) is 7.31. The number of aromatic nitrogens is 2. The Morgan fingerprint density at radius 1 is 1.11 bits per heavy atom. The zero-order valence-corrected chi connectivity index (χ0v) is 16.7. The van der Waals surface area contributed by atoms with Crippen molar-refractivity contribution < 1.29 is 4.79 Å². The smallest absolute Gasteiger partial charge is 0.287 e. The van der Waals surface area contributed by atoms with Crippen LogP contribution in [0.15, 0.2) is 35.3 Å². The van der Waals surface area contributed by atoms with Crippen molar-refractivity contribution in [3.05, 3.63) is 51.4 Å². The van der Waals surface area contributed by atoms with Crippen molar-refractivity contribution in [3.8, 4) is 0 Å². The molecule has 1 saturated heterocycles. The molecule has 3 heterocycles. The minimum Gasteiger partial charge on any atom is -0.366 e. The van der Waals surface area contributed by atoms with Crippen LogP contribution in [0.5, 0.6) is 0 Å². The van der Waals surface area contributed by atoms with E-state index in [1.807, 2.05) is 23.1 Å². The van der Waals surface area contributed by atoms with Crippen molar-refractivity contribution in [3.63, 3.8) is 0 Å². The topological polar surface area (TPSA) is 61.7 Å². The van der Waals surface area contributed by atoms with E-state index >= 15 is 0 Å². The molecule has 28 heavy (non-hydrogen) atoms. The monoisotopic (exact) mass is 401 g/mol. The average molecular weight is 402 g/mol. The largest absolute Gasteiger partial charge is 0.366 e. The van der Waals surface area contributed by atoms with Crippen LogP contribution >= 0.6 is 11.6 Å². The molecule has 0 bridgehead atoms. The zero-order chi connectivity index (χ0) is 19.7. The maximum atomic E-state index is 12.9. The molecule has 0 N–H and O–H groups in total. The molecule has 2 aliphatic heterocycles. The number of hydrogen-bond acceptors (Lipinski definition) is 5. The summed E-state index contributed by atoms with van der Waals surface area (Å²) in [6, 6.07) is 8.17. The lowest BCUT2D eigenvalue weighted by Crippen LogP contribution is -2.51. The van der Waals surface area contributed by atoms with E-state index in [1.54, 1.807) is 13.2 Å². The standard InChI is InChI=1S/C20H24ClN5O2/c1-23-20(28)19(21)17(13-22-23)25-11-9-24(10-12-25)14-18(27)26-8-4-6-15-5-2-3-7-16(15)26/h2-3,5,7,13H,4,6,8-12,14H2,1H3. The van der Waals surface area contributed by atoms with Gasteiger partial charge in [0.05, 0.1) is 18.4 Å². The number of fused-ring (bicyclic) bond motifs is 1. The predicted molar refractivity (Wildman–Crippen MR) is 110 cm³/mol. The minimum absolute atomic E-state index is 0.147. The fraction of sp³-hybridized carbons (Fsp3) is 0.450. The van der Waals surface area contributed by atoms with Gasteiger partial charge < -0.3 is 9.80 Å². The van der Waals surface area contributed by atoms with Gasteiger partial charge in [-0.15, -0.1) is 0 Å². The molecule has 1 aromatic carbocycles. The van der Waals surface area contributed by atoms with Crippen LogP contribution in [-0.4, -0.2) is 59.9 Å². The summed E-state index contributed by atoms with van der Waals surface area (Å²) in [5.74, 6) is 0.147. The molecule has 0 atom stereocenters. The Hall–Kier alpha value is -2.38. The van der Waals surface area contributed by atoms with Gasteiger partial charge in [0.25, 0.3) is 5.56 Å². The van der Waals surface area contributed by atoms with Crippen molar-refractivity contribution in [1.82, 2.24) is 14.7 Å². The fourth-order valence-corrected chi connectivity index (χ4v) is 4.23. The zero-order valence-electron chi connectivity index (χ0n) is 16.0. The van der Waals surface area contributed by atoms with E-state index in [-0.39, 0.29) is 16.5 Å². The van der Waals surface area contributed by atoms with E-state index in [0.717, 1.165) is 38.2 Å². The van der Waals surface area contributed by atoms with Gasteiger partial charge in [0.15, 0.2) is 0 Å². The molecule has 7 nitrogen and oxygen atoms in total. The molecule has 1 fully saturated rings. The second kappa shape index (κ2) is 7.93. The molecule has 2 aliphatic rings. The number of piperazine rings is 1. The maximum absolute atomic E-state index is 12.9. The number of rotatable bonds is 3. The minimum atomic E-state index is -0.291. The Balaban J connectivity index is 1.38. The Labute approximate surface area is 169 Å². The number of benzene rings is 1. The number of nitrogens with zero attached hydrogens (tertiary/aromatic N) is 5. The Morgan fingerprint density at radius 2 is 1.86 bits per heavy atom. The van der Waals surface area contributed by atoms with Gasteiger partial charge in [-0.2, -0.15) is 5.10 Å². The molecule has 1 amide bonds. The highest BCUT2D eigenvalue weighted by Crippen LogP contribution is 2.27. The van der Waals surface area contributed by atoms with Gasteiger partial charge in [0.2, 0.25) is 5.91 Å². The fourth-order valence-electron chi connectivity index (χ4n) is 3.94. The highest BCUT2D eigenvalue weighted by atomic mass is 35.5. The van der Waals surface area contributed by atoms with E-state index in [9.17, 15) is 9.59 Å². The van der Waals surface area contributed by atoms with Crippen molar-refractivity contribution in [2.45, 2.75) is 12.8 Å². The first-order chi connectivity index (χ1) is 13.5. The number of carbonyl (C=O) groups excluding carboxylic acids is 1. The molecule has 1 aromatic heterocycles. The van der Waals surface area contributed by atoms with Crippen molar-refractivity contribution in [2.24, 2.45) is 7.05 Å². The number of carbonyl (C=O) groups is 1. The van der Waals surface area contributed by atoms with E-state index < -0.39 is 0 Å². The van der Waals surface area contributed by atoms with Gasteiger partial charge in [0, 0.05) is 45.5 Å². The number of para-hydroxylation sites is 1. The SMILES string of the molecule is Cn1ncc(N2CCN(CC(=O)N3CCCc4ccccc43)CC2)c(Cl)c1=O. The number of aryl methyl sites for hydroxylation is 2. The van der Waals surface area contributed by atoms with Gasteiger partial charge >= 0.3 is 0 Å².